The van der Waals surface area contributed by atoms with Gasteiger partial charge in [0, 0.05) is 6.54 Å². The first-order valence-corrected chi connectivity index (χ1v) is 5.78. The maximum Gasteiger partial charge on any atom is 0.230 e. The number of nitrogens with zero attached hydrogens (tertiary/aromatic N) is 1. The van der Waals surface area contributed by atoms with Crippen molar-refractivity contribution in [2.24, 2.45) is 5.92 Å². The molecule has 1 atom stereocenters. The monoisotopic (exact) mass is 199 g/mol. The van der Waals surface area contributed by atoms with Crippen LogP contribution in [0.15, 0.2) is 0 Å². The SMILES string of the molecule is O=C1CC(=O)N(CC2CCSC2)C1. The normalized spacial score (nSPS) is 28.9. The molecule has 0 N–H and O–H groups in total. The first-order valence-electron chi connectivity index (χ1n) is 4.63. The van der Waals surface area contributed by atoms with Gasteiger partial charge in [0.15, 0.2) is 5.78 Å². The maximum absolute atomic E-state index is 11.3. The first kappa shape index (κ1) is 9.06. The zero-order valence-electron chi connectivity index (χ0n) is 7.49. The van der Waals surface area contributed by atoms with Crippen molar-refractivity contribution in [1.29, 1.82) is 0 Å². The van der Waals surface area contributed by atoms with E-state index in [4.69, 9.17) is 0 Å². The molecule has 1 unspecified atom stereocenters. The second kappa shape index (κ2) is 3.70. The Bertz CT molecular complexity index is 236. The molecule has 2 aliphatic rings. The Hall–Kier alpha value is -0.510. The third-order valence-corrected chi connectivity index (χ3v) is 3.80. The van der Waals surface area contributed by atoms with Gasteiger partial charge in [-0.1, -0.05) is 0 Å². The number of rotatable bonds is 2. The minimum absolute atomic E-state index is 0.0295. The summed E-state index contributed by atoms with van der Waals surface area (Å²) >= 11 is 1.94. The third kappa shape index (κ3) is 2.05. The molecule has 2 heterocycles. The van der Waals surface area contributed by atoms with Crippen LogP contribution in [0.4, 0.5) is 0 Å². The van der Waals surface area contributed by atoms with Gasteiger partial charge in [-0.05, 0) is 23.8 Å². The minimum atomic E-state index is 0.0295. The fourth-order valence-electron chi connectivity index (χ4n) is 1.84. The van der Waals surface area contributed by atoms with Crippen molar-refractivity contribution >= 4 is 23.5 Å². The molecule has 0 aromatic carbocycles. The van der Waals surface area contributed by atoms with E-state index in [-0.39, 0.29) is 18.1 Å². The molecule has 2 saturated heterocycles. The zero-order valence-corrected chi connectivity index (χ0v) is 8.31. The van der Waals surface area contributed by atoms with Crippen LogP contribution in [0.5, 0.6) is 0 Å². The number of amides is 1. The number of ketones is 1. The molecule has 2 aliphatic heterocycles. The smallest absolute Gasteiger partial charge is 0.230 e. The van der Waals surface area contributed by atoms with Crippen molar-refractivity contribution in [2.75, 3.05) is 24.6 Å². The summed E-state index contributed by atoms with van der Waals surface area (Å²) in [6.07, 6.45) is 1.34. The fourth-order valence-corrected chi connectivity index (χ4v) is 3.11. The molecule has 0 radical (unpaired) electrons. The van der Waals surface area contributed by atoms with Crippen LogP contribution in [-0.2, 0) is 9.59 Å². The summed E-state index contributed by atoms with van der Waals surface area (Å²) in [6, 6.07) is 0. The van der Waals surface area contributed by atoms with Gasteiger partial charge in [-0.2, -0.15) is 11.8 Å². The quantitative estimate of drug-likeness (QED) is 0.609. The van der Waals surface area contributed by atoms with Crippen LogP contribution in [0.1, 0.15) is 12.8 Å². The molecule has 0 aromatic heterocycles. The molecule has 0 bridgehead atoms. The average Bonchev–Trinajstić information content (AvgIpc) is 2.63. The molecule has 72 valence electrons. The summed E-state index contributed by atoms with van der Waals surface area (Å²) in [5, 5.41) is 0. The number of hydrogen-bond acceptors (Lipinski definition) is 3. The highest BCUT2D eigenvalue weighted by Gasteiger charge is 2.29. The fraction of sp³-hybridized carbons (Fsp3) is 0.778. The number of hydrogen-bond donors (Lipinski definition) is 0. The second-order valence-corrected chi connectivity index (χ2v) is 4.87. The topological polar surface area (TPSA) is 37.4 Å². The highest BCUT2D eigenvalue weighted by atomic mass is 32.2. The lowest BCUT2D eigenvalue weighted by molar-refractivity contribution is -0.128. The van der Waals surface area contributed by atoms with Crippen molar-refractivity contribution in [3.8, 4) is 0 Å². The van der Waals surface area contributed by atoms with Crippen LogP contribution in [0, 0.1) is 5.92 Å². The predicted molar refractivity (Wildman–Crippen MR) is 51.6 cm³/mol. The van der Waals surface area contributed by atoms with E-state index < -0.39 is 0 Å². The summed E-state index contributed by atoms with van der Waals surface area (Å²) < 4.78 is 0. The van der Waals surface area contributed by atoms with Gasteiger partial charge in [0.2, 0.25) is 5.91 Å². The zero-order chi connectivity index (χ0) is 9.26. The summed E-state index contributed by atoms with van der Waals surface area (Å²) in [4.78, 5) is 24.0. The Morgan fingerprint density at radius 1 is 1.46 bits per heavy atom. The lowest BCUT2D eigenvalue weighted by atomic mass is 10.1. The maximum atomic E-state index is 11.3. The first-order chi connectivity index (χ1) is 6.25. The Morgan fingerprint density at radius 2 is 2.31 bits per heavy atom. The Labute approximate surface area is 81.9 Å². The summed E-state index contributed by atoms with van der Waals surface area (Å²) in [5.74, 6) is 3.09. The van der Waals surface area contributed by atoms with E-state index in [1.165, 1.54) is 12.2 Å². The van der Waals surface area contributed by atoms with E-state index in [0.29, 0.717) is 12.5 Å². The summed E-state index contributed by atoms with van der Waals surface area (Å²) in [7, 11) is 0. The van der Waals surface area contributed by atoms with E-state index in [1.54, 1.807) is 4.90 Å². The number of Topliss-reactive ketones (excluding diaryl/α,β-unsaturated/α-hetero) is 1. The van der Waals surface area contributed by atoms with Crippen LogP contribution < -0.4 is 0 Å². The number of likely N-dealkylation sites (tertiary alicyclic amines) is 1. The van der Waals surface area contributed by atoms with Crippen molar-refractivity contribution in [3.63, 3.8) is 0 Å². The van der Waals surface area contributed by atoms with E-state index in [1.807, 2.05) is 11.8 Å². The van der Waals surface area contributed by atoms with E-state index in [9.17, 15) is 9.59 Å². The van der Waals surface area contributed by atoms with Crippen LogP contribution in [-0.4, -0.2) is 41.2 Å². The molecule has 2 rings (SSSR count). The van der Waals surface area contributed by atoms with Gasteiger partial charge in [0.1, 0.15) is 0 Å². The lowest BCUT2D eigenvalue weighted by Crippen LogP contribution is -2.31. The van der Waals surface area contributed by atoms with Crippen LogP contribution in [0.3, 0.4) is 0 Å². The van der Waals surface area contributed by atoms with Crippen molar-refractivity contribution in [2.45, 2.75) is 12.8 Å². The molecule has 0 aliphatic carbocycles. The summed E-state index contributed by atoms with van der Waals surface area (Å²) in [6.45, 7) is 1.16. The minimum Gasteiger partial charge on any atom is -0.335 e. The molecule has 0 spiro atoms. The lowest BCUT2D eigenvalue weighted by Gasteiger charge is -2.18. The second-order valence-electron chi connectivity index (χ2n) is 3.72. The standard InChI is InChI=1S/C9H13NO2S/c11-8-3-9(12)10(5-8)4-7-1-2-13-6-7/h7H,1-6H2. The van der Waals surface area contributed by atoms with Crippen molar-refractivity contribution < 1.29 is 9.59 Å². The highest BCUT2D eigenvalue weighted by Crippen LogP contribution is 2.25. The third-order valence-electron chi connectivity index (χ3n) is 2.57. The van der Waals surface area contributed by atoms with Gasteiger partial charge in [-0.15, -0.1) is 0 Å². The van der Waals surface area contributed by atoms with Crippen LogP contribution >= 0.6 is 11.8 Å². The molecule has 1 amide bonds. The number of carbonyl (C=O) groups is 2. The molecule has 3 nitrogen and oxygen atoms in total. The van der Waals surface area contributed by atoms with E-state index in [2.05, 4.69) is 0 Å². The average molecular weight is 199 g/mol. The molecule has 4 heteroatoms. The van der Waals surface area contributed by atoms with Gasteiger partial charge in [0.05, 0.1) is 13.0 Å². The van der Waals surface area contributed by atoms with Gasteiger partial charge >= 0.3 is 0 Å². The van der Waals surface area contributed by atoms with E-state index in [0.717, 1.165) is 12.3 Å². The highest BCUT2D eigenvalue weighted by molar-refractivity contribution is 7.99. The largest absolute Gasteiger partial charge is 0.335 e. The Kier molecular flexibility index (Phi) is 2.58. The molecule has 2 fully saturated rings. The Morgan fingerprint density at radius 3 is 2.85 bits per heavy atom. The van der Waals surface area contributed by atoms with Gasteiger partial charge in [-0.25, -0.2) is 0 Å². The van der Waals surface area contributed by atoms with Crippen molar-refractivity contribution in [3.05, 3.63) is 0 Å². The molecule has 0 aromatic rings. The molecule has 0 saturated carbocycles. The van der Waals surface area contributed by atoms with Gasteiger partial charge < -0.3 is 4.90 Å². The van der Waals surface area contributed by atoms with E-state index >= 15 is 0 Å². The number of carbonyl (C=O) groups excluding carboxylic acids is 2. The van der Waals surface area contributed by atoms with Gasteiger partial charge in [-0.3, -0.25) is 9.59 Å². The van der Waals surface area contributed by atoms with Crippen molar-refractivity contribution in [1.82, 2.24) is 4.90 Å². The van der Waals surface area contributed by atoms with Crippen LogP contribution in [0.25, 0.3) is 0 Å². The number of thioether (sulfide) groups is 1. The predicted octanol–water partition coefficient (Wildman–Crippen LogP) is 0.541. The molecular weight excluding hydrogens is 186 g/mol. The Balaban J connectivity index is 1.87. The molecular formula is C9H13NO2S. The summed E-state index contributed by atoms with van der Waals surface area (Å²) in [5.41, 5.74) is 0. The van der Waals surface area contributed by atoms with Crippen LogP contribution in [0.2, 0.25) is 0 Å². The molecule has 13 heavy (non-hydrogen) atoms. The van der Waals surface area contributed by atoms with Gasteiger partial charge in [0.25, 0.3) is 0 Å².